The molecule has 2 aromatic rings. The molecular formula is C24H38BrN3O3. The van der Waals surface area contributed by atoms with Gasteiger partial charge < -0.3 is 18.6 Å². The van der Waals surface area contributed by atoms with Crippen LogP contribution in [-0.4, -0.2) is 41.5 Å². The van der Waals surface area contributed by atoms with Gasteiger partial charge in [0.25, 0.3) is 0 Å². The Morgan fingerprint density at radius 3 is 2.32 bits per heavy atom. The van der Waals surface area contributed by atoms with Crippen molar-refractivity contribution in [2.24, 2.45) is 15.8 Å². The number of benzene rings is 1. The number of Topliss-reactive ketones (excluding diaryl/α,β-unsaturated/α-hetero) is 1. The fraction of sp³-hybridized carbons (Fsp3) is 0.667. The Bertz CT molecular complexity index is 947. The molecule has 1 aromatic heterocycles. The van der Waals surface area contributed by atoms with Crippen LogP contribution in [0.4, 0.5) is 0 Å². The van der Waals surface area contributed by atoms with Crippen LogP contribution >= 0.6 is 17.0 Å². The Labute approximate surface area is 196 Å². The number of para-hydroxylation sites is 2. The van der Waals surface area contributed by atoms with Crippen molar-refractivity contribution in [3.63, 3.8) is 0 Å². The Kier molecular flexibility index (Phi) is 8.70. The molecule has 3 rings (SSSR count). The van der Waals surface area contributed by atoms with Gasteiger partial charge in [0.05, 0.1) is 24.2 Å². The molecule has 0 aliphatic carbocycles. The summed E-state index contributed by atoms with van der Waals surface area (Å²) < 4.78 is 16.1. The largest absolute Gasteiger partial charge is 0.353 e. The second-order valence-corrected chi connectivity index (χ2v) is 10.1. The van der Waals surface area contributed by atoms with Gasteiger partial charge in [0.1, 0.15) is 0 Å². The summed E-state index contributed by atoms with van der Waals surface area (Å²) in [6, 6.07) is 8.21. The van der Waals surface area contributed by atoms with Crippen molar-refractivity contribution >= 4 is 33.8 Å². The normalized spacial score (nSPS) is 18.3. The molecule has 1 unspecified atom stereocenters. The third kappa shape index (κ3) is 6.30. The summed E-state index contributed by atoms with van der Waals surface area (Å²) in [6.45, 7) is 12.7. The lowest BCUT2D eigenvalue weighted by atomic mass is 9.91. The van der Waals surface area contributed by atoms with Crippen molar-refractivity contribution in [2.45, 2.75) is 73.3 Å². The zero-order valence-electron chi connectivity index (χ0n) is 19.8. The van der Waals surface area contributed by atoms with Crippen LogP contribution in [-0.2, 0) is 27.4 Å². The molecule has 174 valence electrons. The Morgan fingerprint density at radius 2 is 1.77 bits per heavy atom. The fourth-order valence-electron chi connectivity index (χ4n) is 3.85. The number of hydrogen-bond acceptors (Lipinski definition) is 4. The van der Waals surface area contributed by atoms with E-state index < -0.39 is 5.41 Å². The van der Waals surface area contributed by atoms with Gasteiger partial charge in [-0.3, -0.25) is 9.79 Å². The van der Waals surface area contributed by atoms with E-state index in [9.17, 15) is 4.79 Å². The fourth-order valence-corrected chi connectivity index (χ4v) is 3.85. The van der Waals surface area contributed by atoms with Crippen LogP contribution in [0.15, 0.2) is 29.3 Å². The number of rotatable bonds is 7. The van der Waals surface area contributed by atoms with Gasteiger partial charge in [-0.2, -0.15) is 0 Å². The van der Waals surface area contributed by atoms with E-state index >= 15 is 0 Å². The molecular weight excluding hydrogens is 458 g/mol. The maximum atomic E-state index is 12.8. The predicted octanol–water partition coefficient (Wildman–Crippen LogP) is 4.74. The lowest BCUT2D eigenvalue weighted by Crippen LogP contribution is -2.37. The molecule has 0 saturated carbocycles. The van der Waals surface area contributed by atoms with Crippen LogP contribution in [0.25, 0.3) is 11.0 Å². The number of nitrogens with zero attached hydrogens (tertiary/aromatic N) is 3. The van der Waals surface area contributed by atoms with Crippen molar-refractivity contribution < 1.29 is 14.3 Å². The molecule has 0 N–H and O–H groups in total. The van der Waals surface area contributed by atoms with Gasteiger partial charge in [0.2, 0.25) is 5.62 Å². The molecule has 1 aromatic carbocycles. The van der Waals surface area contributed by atoms with E-state index in [1.54, 1.807) is 7.05 Å². The Hall–Kier alpha value is -1.44. The lowest BCUT2D eigenvalue weighted by molar-refractivity contribution is -0.177. The number of fused-ring (bicyclic) bond motifs is 1. The number of hydrogen-bond donors (Lipinski definition) is 0. The topological polar surface area (TPSA) is 57.8 Å². The van der Waals surface area contributed by atoms with Gasteiger partial charge in [-0.15, -0.1) is 17.0 Å². The number of carbonyl (C=O) groups excluding carboxylic acids is 1. The predicted molar refractivity (Wildman–Crippen MR) is 130 cm³/mol. The van der Waals surface area contributed by atoms with Gasteiger partial charge in [-0.1, -0.05) is 46.8 Å². The van der Waals surface area contributed by atoms with Crippen LogP contribution in [0.3, 0.4) is 0 Å². The van der Waals surface area contributed by atoms with E-state index in [2.05, 4.69) is 35.5 Å². The van der Waals surface area contributed by atoms with Gasteiger partial charge in [-0.05, 0) is 31.4 Å². The number of ether oxygens (including phenoxy) is 2. The van der Waals surface area contributed by atoms with Crippen molar-refractivity contribution in [3.05, 3.63) is 29.9 Å². The minimum atomic E-state index is -0.395. The first kappa shape index (κ1) is 25.8. The van der Waals surface area contributed by atoms with Crippen molar-refractivity contribution in [2.75, 3.05) is 20.3 Å². The third-order valence-electron chi connectivity index (χ3n) is 5.67. The van der Waals surface area contributed by atoms with Gasteiger partial charge >= 0.3 is 0 Å². The van der Waals surface area contributed by atoms with Crippen molar-refractivity contribution in [1.82, 2.24) is 9.13 Å². The Morgan fingerprint density at radius 1 is 1.13 bits per heavy atom. The highest BCUT2D eigenvalue weighted by atomic mass is 79.9. The zero-order chi connectivity index (χ0) is 21.9. The number of ketones is 1. The molecule has 6 nitrogen and oxygen atoms in total. The second kappa shape index (κ2) is 10.5. The standard InChI is InChI=1S/C24H37N3O3.BrH/c1-23(2,3)20(28)15-26-18-11-7-8-12-19(18)27(22(26)25-6)16-24(4,5)17-30-21-13-9-10-14-29-21;/h7-8,11-12,21H,9-10,13-17H2,1-6H3;1H. The number of imidazole rings is 1. The summed E-state index contributed by atoms with van der Waals surface area (Å²) >= 11 is 0. The minimum Gasteiger partial charge on any atom is -0.353 e. The monoisotopic (exact) mass is 495 g/mol. The van der Waals surface area contributed by atoms with Gasteiger partial charge in [0.15, 0.2) is 12.1 Å². The van der Waals surface area contributed by atoms with Crippen LogP contribution in [0.1, 0.15) is 53.9 Å². The average Bonchev–Trinajstić information content (AvgIpc) is 2.99. The van der Waals surface area contributed by atoms with Crippen molar-refractivity contribution in [1.29, 1.82) is 0 Å². The molecule has 7 heteroatoms. The maximum Gasteiger partial charge on any atom is 0.206 e. The molecule has 1 aliphatic rings. The summed E-state index contributed by atoms with van der Waals surface area (Å²) in [5.41, 5.74) is 2.42. The minimum absolute atomic E-state index is 0. The summed E-state index contributed by atoms with van der Waals surface area (Å²) in [5.74, 6) is 0.192. The maximum absolute atomic E-state index is 12.8. The van der Waals surface area contributed by atoms with Crippen LogP contribution in [0.2, 0.25) is 0 Å². The van der Waals surface area contributed by atoms with E-state index in [1.165, 1.54) is 0 Å². The summed E-state index contributed by atoms with van der Waals surface area (Å²) in [7, 11) is 1.79. The lowest BCUT2D eigenvalue weighted by Gasteiger charge is -2.30. The van der Waals surface area contributed by atoms with Crippen LogP contribution in [0, 0.1) is 10.8 Å². The molecule has 31 heavy (non-hydrogen) atoms. The molecule has 1 aliphatic heterocycles. The highest BCUT2D eigenvalue weighted by Gasteiger charge is 2.27. The molecule has 0 radical (unpaired) electrons. The number of halogens is 1. The van der Waals surface area contributed by atoms with Gasteiger partial charge in [-0.25, -0.2) is 0 Å². The zero-order valence-corrected chi connectivity index (χ0v) is 21.5. The van der Waals surface area contributed by atoms with E-state index in [1.807, 2.05) is 37.5 Å². The molecule has 0 spiro atoms. The van der Waals surface area contributed by atoms with Gasteiger partial charge in [0, 0.05) is 31.0 Å². The molecule has 2 heterocycles. The average molecular weight is 496 g/mol. The number of aromatic nitrogens is 2. The van der Waals surface area contributed by atoms with E-state index in [4.69, 9.17) is 9.47 Å². The smallest absolute Gasteiger partial charge is 0.206 e. The van der Waals surface area contributed by atoms with E-state index in [0.717, 1.165) is 49.1 Å². The first-order valence-electron chi connectivity index (χ1n) is 11.0. The molecule has 0 amide bonds. The summed E-state index contributed by atoms with van der Waals surface area (Å²) in [5, 5.41) is 0. The molecule has 1 atom stereocenters. The molecule has 1 fully saturated rings. The van der Waals surface area contributed by atoms with Crippen LogP contribution in [0.5, 0.6) is 0 Å². The van der Waals surface area contributed by atoms with E-state index in [-0.39, 0.29) is 34.5 Å². The highest BCUT2D eigenvalue weighted by Crippen LogP contribution is 2.25. The highest BCUT2D eigenvalue weighted by molar-refractivity contribution is 8.93. The van der Waals surface area contributed by atoms with E-state index in [0.29, 0.717) is 13.2 Å². The first-order valence-corrected chi connectivity index (χ1v) is 11.0. The third-order valence-corrected chi connectivity index (χ3v) is 5.67. The molecule has 0 bridgehead atoms. The molecule has 1 saturated heterocycles. The number of carbonyl (C=O) groups is 1. The van der Waals surface area contributed by atoms with Crippen LogP contribution < -0.4 is 5.62 Å². The van der Waals surface area contributed by atoms with Crippen molar-refractivity contribution in [3.8, 4) is 0 Å². The second-order valence-electron chi connectivity index (χ2n) is 10.1. The summed E-state index contributed by atoms with van der Waals surface area (Å²) in [6.07, 6.45) is 3.15. The summed E-state index contributed by atoms with van der Waals surface area (Å²) in [4.78, 5) is 17.4. The quantitative estimate of drug-likeness (QED) is 0.557. The first-order chi connectivity index (χ1) is 14.1. The SMILES string of the molecule is Br.CN=c1n(CC(=O)C(C)(C)C)c2ccccc2n1CC(C)(C)COC1CCCCO1. The Balaban J connectivity index is 0.00000341.